The maximum absolute atomic E-state index is 11.8. The van der Waals surface area contributed by atoms with Crippen LogP contribution in [0.25, 0.3) is 0 Å². The van der Waals surface area contributed by atoms with Gasteiger partial charge in [0.05, 0.1) is 37.4 Å². The van der Waals surface area contributed by atoms with Crippen LogP contribution in [0.5, 0.6) is 5.75 Å². The fraction of sp³-hybridized carbons (Fsp3) is 0.522. The molecule has 1 N–H and O–H groups in total. The van der Waals surface area contributed by atoms with Crippen LogP contribution in [-0.2, 0) is 4.74 Å². The fourth-order valence-corrected chi connectivity index (χ4v) is 4.70. The first kappa shape index (κ1) is 21.2. The highest BCUT2D eigenvalue weighted by Gasteiger charge is 2.36. The van der Waals surface area contributed by atoms with Gasteiger partial charge in [0.2, 0.25) is 5.95 Å². The van der Waals surface area contributed by atoms with Crippen LogP contribution in [0.15, 0.2) is 24.4 Å². The van der Waals surface area contributed by atoms with Crippen molar-refractivity contribution in [3.8, 4) is 5.75 Å². The molecule has 1 atom stereocenters. The quantitative estimate of drug-likeness (QED) is 0.696. The molecule has 2 aliphatic rings. The molecule has 31 heavy (non-hydrogen) atoms. The monoisotopic (exact) mass is 425 g/mol. The largest absolute Gasteiger partial charge is 0.495 e. The minimum Gasteiger partial charge on any atom is -0.495 e. The van der Waals surface area contributed by atoms with Gasteiger partial charge in [-0.1, -0.05) is 19.8 Å². The molecule has 0 spiro atoms. The number of nitrogens with zero attached hydrogens (tertiary/aromatic N) is 4. The number of ether oxygens (including phenoxy) is 2. The van der Waals surface area contributed by atoms with Gasteiger partial charge in [-0.3, -0.25) is 0 Å². The molecule has 4 rings (SSSR count). The minimum atomic E-state index is -0.407. The Kier molecular flexibility index (Phi) is 6.15. The summed E-state index contributed by atoms with van der Waals surface area (Å²) < 4.78 is 10.3. The standard InChI is InChI=1S/C23H31N5O3/c1-5-16-14-27(2)19-13-24-23(26-21(19)28(16)17-8-6-7-9-17)25-18-11-10-15(22(29)31-4)12-20(18)30-3/h10-13,16-17H,5-9,14H2,1-4H3,(H,24,25,26)/t16-/m1/s1. The zero-order valence-corrected chi connectivity index (χ0v) is 18.7. The summed E-state index contributed by atoms with van der Waals surface area (Å²) >= 11 is 0. The van der Waals surface area contributed by atoms with Crippen molar-refractivity contribution in [3.05, 3.63) is 30.0 Å². The maximum Gasteiger partial charge on any atom is 0.337 e. The number of methoxy groups -OCH3 is 2. The SMILES string of the molecule is CC[C@@H]1CN(C)c2cnc(Nc3ccc(C(=O)OC)cc3OC)nc2N1C1CCCC1. The molecule has 8 heteroatoms. The van der Waals surface area contributed by atoms with Gasteiger partial charge >= 0.3 is 5.97 Å². The molecule has 0 amide bonds. The van der Waals surface area contributed by atoms with E-state index in [-0.39, 0.29) is 0 Å². The first-order valence-electron chi connectivity index (χ1n) is 11.0. The van der Waals surface area contributed by atoms with Crippen LogP contribution in [0.4, 0.5) is 23.1 Å². The third kappa shape index (κ3) is 4.11. The molecular weight excluding hydrogens is 394 g/mol. The number of carbonyl (C=O) groups excluding carboxylic acids is 1. The summed E-state index contributed by atoms with van der Waals surface area (Å²) in [6.07, 6.45) is 7.97. The predicted molar refractivity (Wildman–Crippen MR) is 122 cm³/mol. The fourth-order valence-electron chi connectivity index (χ4n) is 4.70. The summed E-state index contributed by atoms with van der Waals surface area (Å²) in [7, 11) is 5.04. The van der Waals surface area contributed by atoms with E-state index in [1.165, 1.54) is 32.8 Å². The molecule has 1 aliphatic heterocycles. The summed E-state index contributed by atoms with van der Waals surface area (Å²) in [6.45, 7) is 3.23. The average molecular weight is 426 g/mol. The number of carbonyl (C=O) groups is 1. The van der Waals surface area contributed by atoms with Crippen molar-refractivity contribution in [2.45, 2.75) is 51.1 Å². The first-order chi connectivity index (χ1) is 15.0. The van der Waals surface area contributed by atoms with Crippen LogP contribution in [0.3, 0.4) is 0 Å². The molecule has 0 saturated heterocycles. The molecule has 1 aromatic carbocycles. The van der Waals surface area contributed by atoms with Crippen LogP contribution in [-0.4, -0.2) is 55.8 Å². The highest BCUT2D eigenvalue weighted by atomic mass is 16.5. The van der Waals surface area contributed by atoms with Gasteiger partial charge in [0, 0.05) is 25.7 Å². The van der Waals surface area contributed by atoms with Crippen LogP contribution in [0.2, 0.25) is 0 Å². The number of esters is 1. The Hall–Kier alpha value is -3.03. The van der Waals surface area contributed by atoms with Gasteiger partial charge in [-0.05, 0) is 37.5 Å². The van der Waals surface area contributed by atoms with E-state index in [9.17, 15) is 4.79 Å². The second-order valence-corrected chi connectivity index (χ2v) is 8.22. The van der Waals surface area contributed by atoms with Gasteiger partial charge in [-0.15, -0.1) is 0 Å². The number of fused-ring (bicyclic) bond motifs is 1. The van der Waals surface area contributed by atoms with Crippen molar-refractivity contribution < 1.29 is 14.3 Å². The summed E-state index contributed by atoms with van der Waals surface area (Å²) in [6, 6.07) is 6.11. The van der Waals surface area contributed by atoms with Gasteiger partial charge < -0.3 is 24.6 Å². The van der Waals surface area contributed by atoms with E-state index in [1.54, 1.807) is 25.3 Å². The normalized spacial score (nSPS) is 18.6. The molecule has 8 nitrogen and oxygen atoms in total. The van der Waals surface area contributed by atoms with Crippen molar-refractivity contribution in [1.82, 2.24) is 9.97 Å². The van der Waals surface area contributed by atoms with Gasteiger partial charge in [0.15, 0.2) is 5.82 Å². The molecule has 2 aromatic rings. The number of rotatable bonds is 6. The van der Waals surface area contributed by atoms with Crippen molar-refractivity contribution in [3.63, 3.8) is 0 Å². The van der Waals surface area contributed by atoms with Crippen LogP contribution in [0, 0.1) is 0 Å². The molecule has 0 radical (unpaired) electrons. The highest BCUT2D eigenvalue weighted by Crippen LogP contribution is 2.39. The Morgan fingerprint density at radius 2 is 2.03 bits per heavy atom. The Morgan fingerprint density at radius 1 is 1.26 bits per heavy atom. The summed E-state index contributed by atoms with van der Waals surface area (Å²) in [5, 5.41) is 3.27. The Labute approximate surface area is 183 Å². The summed E-state index contributed by atoms with van der Waals surface area (Å²) in [4.78, 5) is 26.1. The number of nitrogens with one attached hydrogen (secondary N) is 1. The van der Waals surface area contributed by atoms with E-state index in [2.05, 4.69) is 34.1 Å². The molecule has 1 aliphatic carbocycles. The lowest BCUT2D eigenvalue weighted by Gasteiger charge is -2.45. The van der Waals surface area contributed by atoms with Crippen molar-refractivity contribution in [1.29, 1.82) is 0 Å². The van der Waals surface area contributed by atoms with Crippen LogP contribution >= 0.6 is 0 Å². The molecule has 0 unspecified atom stereocenters. The van der Waals surface area contributed by atoms with E-state index >= 15 is 0 Å². The molecule has 0 bridgehead atoms. The van der Waals surface area contributed by atoms with Crippen molar-refractivity contribution in [2.24, 2.45) is 0 Å². The number of hydrogen-bond acceptors (Lipinski definition) is 8. The Bertz CT molecular complexity index is 945. The third-order valence-corrected chi connectivity index (χ3v) is 6.34. The molecule has 1 fully saturated rings. The molecule has 1 aromatic heterocycles. The zero-order chi connectivity index (χ0) is 22.0. The lowest BCUT2D eigenvalue weighted by atomic mass is 10.0. The Balaban J connectivity index is 1.67. The molecule has 2 heterocycles. The molecule has 166 valence electrons. The molecule has 1 saturated carbocycles. The van der Waals surface area contributed by atoms with Gasteiger partial charge in [-0.25, -0.2) is 9.78 Å². The lowest BCUT2D eigenvalue weighted by molar-refractivity contribution is 0.0600. The highest BCUT2D eigenvalue weighted by molar-refractivity contribution is 5.91. The van der Waals surface area contributed by atoms with Crippen molar-refractivity contribution >= 4 is 29.1 Å². The smallest absolute Gasteiger partial charge is 0.337 e. The molecular formula is C23H31N5O3. The van der Waals surface area contributed by atoms with Crippen LogP contribution in [0.1, 0.15) is 49.4 Å². The van der Waals surface area contributed by atoms with Crippen molar-refractivity contribution in [2.75, 3.05) is 42.9 Å². The predicted octanol–water partition coefficient (Wildman–Crippen LogP) is 3.99. The number of benzene rings is 1. The summed E-state index contributed by atoms with van der Waals surface area (Å²) in [5.41, 5.74) is 2.19. The first-order valence-corrected chi connectivity index (χ1v) is 11.0. The second-order valence-electron chi connectivity index (χ2n) is 8.22. The van der Waals surface area contributed by atoms with Gasteiger partial charge in [-0.2, -0.15) is 4.98 Å². The summed E-state index contributed by atoms with van der Waals surface area (Å²) in [5.74, 6) is 1.63. The van der Waals surface area contributed by atoms with E-state index < -0.39 is 5.97 Å². The van der Waals surface area contributed by atoms with E-state index in [0.717, 1.165) is 24.5 Å². The second kappa shape index (κ2) is 8.99. The van der Waals surface area contributed by atoms with E-state index in [0.29, 0.717) is 35.0 Å². The Morgan fingerprint density at radius 3 is 2.71 bits per heavy atom. The number of anilines is 4. The third-order valence-electron chi connectivity index (χ3n) is 6.34. The number of aromatic nitrogens is 2. The number of hydrogen-bond donors (Lipinski definition) is 1. The zero-order valence-electron chi connectivity index (χ0n) is 18.7. The van der Waals surface area contributed by atoms with E-state index in [4.69, 9.17) is 14.5 Å². The van der Waals surface area contributed by atoms with Crippen LogP contribution < -0.4 is 19.9 Å². The van der Waals surface area contributed by atoms with Gasteiger partial charge in [0.1, 0.15) is 5.75 Å². The minimum absolute atomic E-state index is 0.407. The topological polar surface area (TPSA) is 79.8 Å². The number of likely N-dealkylation sites (N-methyl/N-ethyl adjacent to an activating group) is 1. The van der Waals surface area contributed by atoms with Gasteiger partial charge in [0.25, 0.3) is 0 Å². The average Bonchev–Trinajstić information content (AvgIpc) is 3.32. The maximum atomic E-state index is 11.8. The van der Waals surface area contributed by atoms with E-state index in [1.807, 2.05) is 6.20 Å². The lowest BCUT2D eigenvalue weighted by Crippen LogP contribution is -2.52.